The topological polar surface area (TPSA) is 67.2 Å². The number of rotatable bonds is 4. The van der Waals surface area contributed by atoms with E-state index in [9.17, 15) is 9.18 Å². The number of aromatic nitrogens is 1. The fourth-order valence-corrected chi connectivity index (χ4v) is 2.93. The third-order valence-electron chi connectivity index (χ3n) is 3.19. The van der Waals surface area contributed by atoms with Gasteiger partial charge >= 0.3 is 0 Å². The Morgan fingerprint density at radius 2 is 1.76 bits per heavy atom. The third kappa shape index (κ3) is 3.87. The van der Waals surface area contributed by atoms with Crippen LogP contribution < -0.4 is 10.9 Å². The van der Waals surface area contributed by atoms with Crippen LogP contribution in [0.2, 0.25) is 15.1 Å². The minimum Gasteiger partial charge on any atom is -0.355 e. The lowest BCUT2D eigenvalue weighted by atomic mass is 10.1. The van der Waals surface area contributed by atoms with Gasteiger partial charge in [-0.25, -0.2) is 4.39 Å². The van der Waals surface area contributed by atoms with E-state index in [0.29, 0.717) is 5.02 Å². The Hall–Kier alpha value is -2.28. The van der Waals surface area contributed by atoms with Crippen molar-refractivity contribution in [1.82, 2.24) is 10.6 Å². The predicted molar refractivity (Wildman–Crippen MR) is 94.5 cm³/mol. The summed E-state index contributed by atoms with van der Waals surface area (Å²) in [5, 5.41) is 4.44. The molecular weight excluding hydrogens is 392 g/mol. The van der Waals surface area contributed by atoms with Gasteiger partial charge in [-0.05, 0) is 24.3 Å². The van der Waals surface area contributed by atoms with Crippen LogP contribution in [0.1, 0.15) is 10.5 Å². The van der Waals surface area contributed by atoms with Crippen molar-refractivity contribution < 1.29 is 13.7 Å². The number of hydrogen-bond acceptors (Lipinski definition) is 4. The molecule has 128 valence electrons. The Labute approximate surface area is 156 Å². The minimum atomic E-state index is -0.617. The third-order valence-corrected chi connectivity index (χ3v) is 4.00. The molecule has 0 spiro atoms. The molecule has 3 aromatic rings. The molecular formula is C16H9Cl3FN3O2. The number of carbonyl (C=O) groups is 1. The normalized spacial score (nSPS) is 10.6. The Morgan fingerprint density at radius 3 is 2.44 bits per heavy atom. The fraction of sp³-hybridized carbons (Fsp3) is 0. The van der Waals surface area contributed by atoms with Gasteiger partial charge in [-0.15, -0.1) is 0 Å². The Morgan fingerprint density at radius 1 is 1.08 bits per heavy atom. The maximum absolute atomic E-state index is 13.7. The van der Waals surface area contributed by atoms with Gasteiger partial charge in [0.2, 0.25) is 0 Å². The van der Waals surface area contributed by atoms with Crippen molar-refractivity contribution in [3.05, 3.63) is 69.0 Å². The molecule has 25 heavy (non-hydrogen) atoms. The molecule has 0 radical (unpaired) electrons. The van der Waals surface area contributed by atoms with E-state index in [1.807, 2.05) is 0 Å². The second kappa shape index (κ2) is 7.31. The molecule has 0 aliphatic rings. The van der Waals surface area contributed by atoms with Crippen LogP contribution in [-0.2, 0) is 0 Å². The number of nitrogens with zero attached hydrogens (tertiary/aromatic N) is 1. The summed E-state index contributed by atoms with van der Waals surface area (Å²) in [6.07, 6.45) is 0. The quantitative estimate of drug-likeness (QED) is 0.591. The van der Waals surface area contributed by atoms with E-state index in [4.69, 9.17) is 39.3 Å². The van der Waals surface area contributed by atoms with E-state index in [2.05, 4.69) is 16.0 Å². The highest BCUT2D eigenvalue weighted by molar-refractivity contribution is 6.41. The smallest absolute Gasteiger partial charge is 0.291 e. The van der Waals surface area contributed by atoms with Crippen LogP contribution in [0.4, 0.5) is 10.1 Å². The zero-order chi connectivity index (χ0) is 18.0. The van der Waals surface area contributed by atoms with Crippen molar-refractivity contribution in [3.63, 3.8) is 0 Å². The Bertz CT molecular complexity index is 923. The number of nitrogens with one attached hydrogen (secondary N) is 2. The first kappa shape index (κ1) is 17.5. The molecule has 5 nitrogen and oxygen atoms in total. The number of amides is 1. The van der Waals surface area contributed by atoms with Gasteiger partial charge in [-0.3, -0.25) is 15.6 Å². The molecule has 2 N–H and O–H groups in total. The van der Waals surface area contributed by atoms with E-state index in [0.717, 1.165) is 0 Å². The molecule has 1 heterocycles. The van der Waals surface area contributed by atoms with Crippen molar-refractivity contribution in [2.24, 2.45) is 0 Å². The van der Waals surface area contributed by atoms with Gasteiger partial charge in [0.1, 0.15) is 5.82 Å². The second-order valence-corrected chi connectivity index (χ2v) is 6.13. The summed E-state index contributed by atoms with van der Waals surface area (Å²) < 4.78 is 18.8. The van der Waals surface area contributed by atoms with Gasteiger partial charge in [0.05, 0.1) is 21.3 Å². The van der Waals surface area contributed by atoms with Crippen LogP contribution in [-0.4, -0.2) is 11.1 Å². The van der Waals surface area contributed by atoms with Crippen molar-refractivity contribution in [2.75, 3.05) is 5.43 Å². The van der Waals surface area contributed by atoms with E-state index in [-0.39, 0.29) is 32.8 Å². The highest BCUT2D eigenvalue weighted by atomic mass is 35.5. The van der Waals surface area contributed by atoms with E-state index in [1.165, 1.54) is 30.3 Å². The summed E-state index contributed by atoms with van der Waals surface area (Å²) in [6.45, 7) is 0. The van der Waals surface area contributed by atoms with Crippen molar-refractivity contribution in [3.8, 4) is 11.3 Å². The number of halogens is 4. The van der Waals surface area contributed by atoms with Gasteiger partial charge in [-0.2, -0.15) is 0 Å². The second-order valence-electron chi connectivity index (χ2n) is 4.88. The number of hydrogen-bond donors (Lipinski definition) is 2. The molecule has 0 saturated heterocycles. The molecule has 1 amide bonds. The molecule has 0 aliphatic carbocycles. The van der Waals surface area contributed by atoms with Gasteiger partial charge in [0.25, 0.3) is 5.91 Å². The molecule has 0 saturated carbocycles. The van der Waals surface area contributed by atoms with E-state index < -0.39 is 11.7 Å². The number of benzene rings is 2. The van der Waals surface area contributed by atoms with E-state index >= 15 is 0 Å². The fourth-order valence-electron chi connectivity index (χ4n) is 2.02. The Balaban J connectivity index is 1.74. The lowest BCUT2D eigenvalue weighted by Gasteiger charge is -2.11. The standard InChI is InChI=1S/C16H9Cl3FN3O2/c17-8-5-10(18)15(11(19)6-8)21-22-16(24)13-7-14(25-23-13)9-3-1-2-4-12(9)20/h1-7,21H,(H,22,24). The first-order chi connectivity index (χ1) is 12.0. The number of hydrazine groups is 1. The van der Waals surface area contributed by atoms with E-state index in [1.54, 1.807) is 12.1 Å². The summed E-state index contributed by atoms with van der Waals surface area (Å²) in [5.74, 6) is -0.970. The molecule has 0 aliphatic heterocycles. The maximum Gasteiger partial charge on any atom is 0.291 e. The monoisotopic (exact) mass is 399 g/mol. The highest BCUT2D eigenvalue weighted by Crippen LogP contribution is 2.33. The Kier molecular flexibility index (Phi) is 5.13. The SMILES string of the molecule is O=C(NNc1c(Cl)cc(Cl)cc1Cl)c1cc(-c2ccccc2F)on1. The lowest BCUT2D eigenvalue weighted by molar-refractivity contribution is 0.0954. The number of anilines is 1. The van der Waals surface area contributed by atoms with Crippen LogP contribution in [0.3, 0.4) is 0 Å². The molecule has 0 fully saturated rings. The van der Waals surface area contributed by atoms with Crippen LogP contribution in [0, 0.1) is 5.82 Å². The first-order valence-corrected chi connectivity index (χ1v) is 8.01. The van der Waals surface area contributed by atoms with Crippen molar-refractivity contribution >= 4 is 46.4 Å². The summed E-state index contributed by atoms with van der Waals surface area (Å²) in [5.41, 5.74) is 5.40. The maximum atomic E-state index is 13.7. The zero-order valence-corrected chi connectivity index (χ0v) is 14.6. The molecule has 1 aromatic heterocycles. The van der Waals surface area contributed by atoms with Crippen LogP contribution in [0.25, 0.3) is 11.3 Å². The summed E-state index contributed by atoms with van der Waals surface area (Å²) in [4.78, 5) is 12.1. The average molecular weight is 401 g/mol. The van der Waals surface area contributed by atoms with Crippen LogP contribution in [0.15, 0.2) is 47.0 Å². The summed E-state index contributed by atoms with van der Waals surface area (Å²) in [7, 11) is 0. The summed E-state index contributed by atoms with van der Waals surface area (Å²) >= 11 is 17.8. The molecule has 3 rings (SSSR count). The lowest BCUT2D eigenvalue weighted by Crippen LogP contribution is -2.29. The predicted octanol–water partition coefficient (Wildman–Crippen LogP) is 5.20. The zero-order valence-electron chi connectivity index (χ0n) is 12.3. The largest absolute Gasteiger partial charge is 0.355 e. The van der Waals surface area contributed by atoms with Crippen molar-refractivity contribution in [2.45, 2.75) is 0 Å². The van der Waals surface area contributed by atoms with Gasteiger partial charge in [0, 0.05) is 11.1 Å². The molecule has 2 aromatic carbocycles. The van der Waals surface area contributed by atoms with Gasteiger partial charge in [0.15, 0.2) is 11.5 Å². The number of carbonyl (C=O) groups excluding carboxylic acids is 1. The first-order valence-electron chi connectivity index (χ1n) is 6.88. The molecule has 0 atom stereocenters. The highest BCUT2D eigenvalue weighted by Gasteiger charge is 2.16. The minimum absolute atomic E-state index is 0.0491. The van der Waals surface area contributed by atoms with Crippen LogP contribution in [0.5, 0.6) is 0 Å². The van der Waals surface area contributed by atoms with Gasteiger partial charge in [-0.1, -0.05) is 52.1 Å². The van der Waals surface area contributed by atoms with Crippen LogP contribution >= 0.6 is 34.8 Å². The van der Waals surface area contributed by atoms with Crippen molar-refractivity contribution in [1.29, 1.82) is 0 Å². The molecule has 9 heteroatoms. The average Bonchev–Trinajstić information content (AvgIpc) is 3.04. The molecule has 0 unspecified atom stereocenters. The molecule has 0 bridgehead atoms. The van der Waals surface area contributed by atoms with Gasteiger partial charge < -0.3 is 4.52 Å². The summed E-state index contributed by atoms with van der Waals surface area (Å²) in [6, 6.07) is 10.2.